The van der Waals surface area contributed by atoms with Gasteiger partial charge in [-0.25, -0.2) is 13.1 Å². The number of sulfonamides is 1. The molecule has 0 saturated heterocycles. The van der Waals surface area contributed by atoms with E-state index < -0.39 is 10.0 Å². The molecule has 18 heavy (non-hydrogen) atoms. The van der Waals surface area contributed by atoms with Crippen LogP contribution < -0.4 is 4.72 Å². The standard InChI is InChI=1S/C11H15N3O2S2/c1-7-6-10(9(3)17-7)8(2)14-18(15,16)11-4-5-12-13-11/h4-6,8,14H,1-3H3,(H,12,13). The number of H-pyrrole nitrogens is 1. The first-order chi connectivity index (χ1) is 8.40. The van der Waals surface area contributed by atoms with E-state index in [1.807, 2.05) is 26.8 Å². The van der Waals surface area contributed by atoms with Crippen molar-refractivity contribution in [3.63, 3.8) is 0 Å². The third-order valence-electron chi connectivity index (χ3n) is 2.64. The summed E-state index contributed by atoms with van der Waals surface area (Å²) in [6, 6.07) is 3.18. The first-order valence-corrected chi connectivity index (χ1v) is 7.79. The molecule has 98 valence electrons. The zero-order valence-electron chi connectivity index (χ0n) is 10.4. The molecule has 1 atom stereocenters. The van der Waals surface area contributed by atoms with Crippen LogP contribution in [0.4, 0.5) is 0 Å². The van der Waals surface area contributed by atoms with Crippen LogP contribution in [-0.4, -0.2) is 18.6 Å². The smallest absolute Gasteiger partial charge is 0.258 e. The van der Waals surface area contributed by atoms with Gasteiger partial charge in [-0.05, 0) is 38.5 Å². The summed E-state index contributed by atoms with van der Waals surface area (Å²) in [5, 5.41) is 6.19. The van der Waals surface area contributed by atoms with Crippen LogP contribution in [0, 0.1) is 13.8 Å². The molecule has 0 aliphatic carbocycles. The minimum Gasteiger partial charge on any atom is -0.266 e. The maximum absolute atomic E-state index is 12.0. The lowest BCUT2D eigenvalue weighted by molar-refractivity contribution is 0.562. The maximum Gasteiger partial charge on any atom is 0.258 e. The highest BCUT2D eigenvalue weighted by molar-refractivity contribution is 7.89. The second-order valence-corrected chi connectivity index (χ2v) is 7.28. The SMILES string of the molecule is Cc1cc(C(C)NS(=O)(=O)c2ccn[nH]2)c(C)s1. The van der Waals surface area contributed by atoms with Crippen LogP contribution in [0.2, 0.25) is 0 Å². The van der Waals surface area contributed by atoms with E-state index in [-0.39, 0.29) is 11.1 Å². The Kier molecular flexibility index (Phi) is 3.56. The molecule has 0 bridgehead atoms. The Bertz CT molecular complexity index is 629. The zero-order chi connectivity index (χ0) is 13.3. The van der Waals surface area contributed by atoms with E-state index in [0.717, 1.165) is 10.4 Å². The Hall–Kier alpha value is -1.18. The van der Waals surface area contributed by atoms with Crippen molar-refractivity contribution in [1.29, 1.82) is 0 Å². The first kappa shape index (κ1) is 13.3. The molecule has 1 unspecified atom stereocenters. The molecule has 0 spiro atoms. The molecule has 0 radical (unpaired) electrons. The van der Waals surface area contributed by atoms with E-state index in [9.17, 15) is 8.42 Å². The Morgan fingerprint density at radius 3 is 2.67 bits per heavy atom. The second-order valence-electron chi connectivity index (χ2n) is 4.13. The van der Waals surface area contributed by atoms with Crippen molar-refractivity contribution < 1.29 is 8.42 Å². The summed E-state index contributed by atoms with van der Waals surface area (Å²) in [6.07, 6.45) is 1.42. The molecule has 2 aromatic rings. The number of aromatic amines is 1. The molecule has 7 heteroatoms. The molecule has 2 rings (SSSR count). The number of nitrogens with zero attached hydrogens (tertiary/aromatic N) is 1. The average molecular weight is 285 g/mol. The average Bonchev–Trinajstić information content (AvgIpc) is 2.86. The summed E-state index contributed by atoms with van der Waals surface area (Å²) >= 11 is 1.67. The van der Waals surface area contributed by atoms with Crippen LogP contribution in [0.15, 0.2) is 23.4 Å². The van der Waals surface area contributed by atoms with Crippen molar-refractivity contribution in [2.45, 2.75) is 31.8 Å². The molecule has 0 aliphatic heterocycles. The molecule has 2 aromatic heterocycles. The van der Waals surface area contributed by atoms with E-state index in [0.29, 0.717) is 0 Å². The normalized spacial score (nSPS) is 13.7. The van der Waals surface area contributed by atoms with Crippen molar-refractivity contribution >= 4 is 21.4 Å². The third kappa shape index (κ3) is 2.63. The Morgan fingerprint density at radius 1 is 1.44 bits per heavy atom. The molecular formula is C11H15N3O2S2. The van der Waals surface area contributed by atoms with Gasteiger partial charge < -0.3 is 0 Å². The van der Waals surface area contributed by atoms with Crippen molar-refractivity contribution in [2.75, 3.05) is 0 Å². The molecule has 0 aliphatic rings. The van der Waals surface area contributed by atoms with Gasteiger partial charge in [-0.3, -0.25) is 5.10 Å². The highest BCUT2D eigenvalue weighted by atomic mass is 32.2. The van der Waals surface area contributed by atoms with Crippen LogP contribution in [0.3, 0.4) is 0 Å². The number of thiophene rings is 1. The van der Waals surface area contributed by atoms with Crippen LogP contribution in [0.1, 0.15) is 28.3 Å². The summed E-state index contributed by atoms with van der Waals surface area (Å²) in [5.41, 5.74) is 1.01. The van der Waals surface area contributed by atoms with Gasteiger partial charge in [0, 0.05) is 15.8 Å². The summed E-state index contributed by atoms with van der Waals surface area (Å²) in [4.78, 5) is 2.31. The van der Waals surface area contributed by atoms with E-state index in [4.69, 9.17) is 0 Å². The lowest BCUT2D eigenvalue weighted by Crippen LogP contribution is -2.27. The summed E-state index contributed by atoms with van der Waals surface area (Å²) < 4.78 is 26.7. The van der Waals surface area contributed by atoms with Gasteiger partial charge in [0.2, 0.25) is 0 Å². The van der Waals surface area contributed by atoms with Crippen LogP contribution in [0.5, 0.6) is 0 Å². The number of nitrogens with one attached hydrogen (secondary N) is 2. The van der Waals surface area contributed by atoms with Crippen LogP contribution in [-0.2, 0) is 10.0 Å². The Labute approximate surface area is 110 Å². The molecule has 0 fully saturated rings. The van der Waals surface area contributed by atoms with Gasteiger partial charge in [-0.15, -0.1) is 11.3 Å². The molecule has 0 saturated carbocycles. The van der Waals surface area contributed by atoms with Gasteiger partial charge in [0.15, 0.2) is 5.03 Å². The fraction of sp³-hybridized carbons (Fsp3) is 0.364. The van der Waals surface area contributed by atoms with Gasteiger partial charge in [0.05, 0.1) is 6.20 Å². The minimum atomic E-state index is -3.54. The van der Waals surface area contributed by atoms with Crippen LogP contribution >= 0.6 is 11.3 Å². The monoisotopic (exact) mass is 285 g/mol. The van der Waals surface area contributed by atoms with Crippen molar-refractivity contribution in [1.82, 2.24) is 14.9 Å². The fourth-order valence-electron chi connectivity index (χ4n) is 1.83. The highest BCUT2D eigenvalue weighted by Crippen LogP contribution is 2.27. The highest BCUT2D eigenvalue weighted by Gasteiger charge is 2.21. The fourth-order valence-corrected chi connectivity index (χ4v) is 3.99. The summed E-state index contributed by atoms with van der Waals surface area (Å²) in [5.74, 6) is 0. The molecule has 5 nitrogen and oxygen atoms in total. The van der Waals surface area contributed by atoms with Crippen molar-refractivity contribution in [2.24, 2.45) is 0 Å². The quantitative estimate of drug-likeness (QED) is 0.903. The van der Waals surface area contributed by atoms with Gasteiger partial charge in [0.25, 0.3) is 10.0 Å². The molecule has 0 aromatic carbocycles. The van der Waals surface area contributed by atoms with E-state index in [1.165, 1.54) is 17.1 Å². The predicted octanol–water partition coefficient (Wildman–Crippen LogP) is 2.13. The lowest BCUT2D eigenvalue weighted by Gasteiger charge is -2.13. The number of hydrogen-bond donors (Lipinski definition) is 2. The predicted molar refractivity (Wildman–Crippen MR) is 71.1 cm³/mol. The van der Waals surface area contributed by atoms with Gasteiger partial charge in [0.1, 0.15) is 0 Å². The Morgan fingerprint density at radius 2 is 2.17 bits per heavy atom. The van der Waals surface area contributed by atoms with E-state index in [2.05, 4.69) is 14.9 Å². The summed E-state index contributed by atoms with van der Waals surface area (Å²) in [7, 11) is -3.54. The number of rotatable bonds is 4. The van der Waals surface area contributed by atoms with E-state index in [1.54, 1.807) is 11.3 Å². The second kappa shape index (κ2) is 4.83. The minimum absolute atomic E-state index is 0.0824. The van der Waals surface area contributed by atoms with Crippen LogP contribution in [0.25, 0.3) is 0 Å². The van der Waals surface area contributed by atoms with Crippen molar-refractivity contribution in [3.05, 3.63) is 33.6 Å². The zero-order valence-corrected chi connectivity index (χ0v) is 12.0. The van der Waals surface area contributed by atoms with E-state index >= 15 is 0 Å². The molecule has 0 amide bonds. The largest absolute Gasteiger partial charge is 0.266 e. The van der Waals surface area contributed by atoms with Gasteiger partial charge >= 0.3 is 0 Å². The number of hydrogen-bond acceptors (Lipinski definition) is 4. The number of aromatic nitrogens is 2. The summed E-state index contributed by atoms with van der Waals surface area (Å²) in [6.45, 7) is 5.84. The molecule has 2 N–H and O–H groups in total. The molecule has 2 heterocycles. The molecular weight excluding hydrogens is 270 g/mol. The third-order valence-corrected chi connectivity index (χ3v) is 5.09. The lowest BCUT2D eigenvalue weighted by atomic mass is 10.1. The van der Waals surface area contributed by atoms with Crippen molar-refractivity contribution in [3.8, 4) is 0 Å². The first-order valence-electron chi connectivity index (χ1n) is 5.49. The Balaban J connectivity index is 2.22. The van der Waals surface area contributed by atoms with Gasteiger partial charge in [-0.1, -0.05) is 0 Å². The van der Waals surface area contributed by atoms with Gasteiger partial charge in [-0.2, -0.15) is 5.10 Å². The maximum atomic E-state index is 12.0. The topological polar surface area (TPSA) is 74.8 Å². The number of aryl methyl sites for hydroxylation is 2.